The van der Waals surface area contributed by atoms with Crippen LogP contribution in [0.15, 0.2) is 46.9 Å². The molecule has 2 aromatic carbocycles. The highest BCUT2D eigenvalue weighted by Crippen LogP contribution is 2.27. The summed E-state index contributed by atoms with van der Waals surface area (Å²) < 4.78 is 6.48. The molecule has 1 atom stereocenters. The fraction of sp³-hybridized carbons (Fsp3) is 0.333. The first-order chi connectivity index (χ1) is 13.8. The summed E-state index contributed by atoms with van der Waals surface area (Å²) >= 11 is 15.4. The van der Waals surface area contributed by atoms with Crippen LogP contribution in [0.1, 0.15) is 25.8 Å². The van der Waals surface area contributed by atoms with Crippen LogP contribution in [0.2, 0.25) is 10.0 Å². The third kappa shape index (κ3) is 7.21. The van der Waals surface area contributed by atoms with Gasteiger partial charge in [-0.05, 0) is 49.2 Å². The molecule has 0 saturated heterocycles. The summed E-state index contributed by atoms with van der Waals surface area (Å²) in [6, 6.07) is 11.7. The van der Waals surface area contributed by atoms with Gasteiger partial charge in [0.25, 0.3) is 5.91 Å². The first kappa shape index (κ1) is 23.5. The number of carbonyl (C=O) groups is 2. The van der Waals surface area contributed by atoms with Gasteiger partial charge in [-0.1, -0.05) is 58.2 Å². The van der Waals surface area contributed by atoms with Crippen molar-refractivity contribution in [3.8, 4) is 5.75 Å². The summed E-state index contributed by atoms with van der Waals surface area (Å²) in [5.41, 5.74) is 0.896. The van der Waals surface area contributed by atoms with Gasteiger partial charge in [0, 0.05) is 22.6 Å². The second kappa shape index (κ2) is 11.4. The minimum absolute atomic E-state index is 0.209. The van der Waals surface area contributed by atoms with Crippen molar-refractivity contribution in [3.63, 3.8) is 0 Å². The van der Waals surface area contributed by atoms with E-state index in [1.165, 1.54) is 4.90 Å². The highest BCUT2D eigenvalue weighted by molar-refractivity contribution is 9.10. The van der Waals surface area contributed by atoms with Crippen LogP contribution in [-0.2, 0) is 16.1 Å². The van der Waals surface area contributed by atoms with Crippen LogP contribution >= 0.6 is 39.1 Å². The van der Waals surface area contributed by atoms with Crippen molar-refractivity contribution in [2.24, 2.45) is 0 Å². The quantitative estimate of drug-likeness (QED) is 0.521. The Bertz CT molecular complexity index is 864. The maximum Gasteiger partial charge on any atom is 0.261 e. The molecule has 2 aromatic rings. The molecule has 8 heteroatoms. The molecule has 1 N–H and O–H groups in total. The number of benzene rings is 2. The largest absolute Gasteiger partial charge is 0.482 e. The summed E-state index contributed by atoms with van der Waals surface area (Å²) in [6.45, 7) is 4.26. The van der Waals surface area contributed by atoms with Gasteiger partial charge >= 0.3 is 0 Å². The van der Waals surface area contributed by atoms with Crippen LogP contribution in [-0.4, -0.2) is 35.9 Å². The Morgan fingerprint density at radius 3 is 2.62 bits per heavy atom. The number of hydrogen-bond donors (Lipinski definition) is 1. The molecule has 0 aliphatic carbocycles. The maximum absolute atomic E-state index is 12.9. The van der Waals surface area contributed by atoms with E-state index >= 15 is 0 Å². The van der Waals surface area contributed by atoms with Gasteiger partial charge in [0.2, 0.25) is 5.91 Å². The fourth-order valence-electron chi connectivity index (χ4n) is 2.63. The van der Waals surface area contributed by atoms with Gasteiger partial charge in [-0.15, -0.1) is 0 Å². The highest BCUT2D eigenvalue weighted by atomic mass is 79.9. The minimum Gasteiger partial charge on any atom is -0.482 e. The van der Waals surface area contributed by atoms with Gasteiger partial charge < -0.3 is 15.0 Å². The standard InChI is InChI=1S/C21H23BrCl2N2O3/c1-3-9-25-21(28)14(2)26(12-15-5-4-6-16(22)10-15)20(27)13-29-19-8-7-17(23)11-18(19)24/h4-8,10-11,14H,3,9,12-13H2,1-2H3,(H,25,28)/t14-/m1/s1. The zero-order chi connectivity index (χ0) is 21.4. The molecular weight excluding hydrogens is 479 g/mol. The van der Waals surface area contributed by atoms with E-state index < -0.39 is 6.04 Å². The molecule has 0 saturated carbocycles. The molecule has 0 unspecified atom stereocenters. The van der Waals surface area contributed by atoms with Gasteiger partial charge in [-0.2, -0.15) is 0 Å². The lowest BCUT2D eigenvalue weighted by molar-refractivity contribution is -0.142. The first-order valence-corrected chi connectivity index (χ1v) is 10.8. The molecule has 0 heterocycles. The van der Waals surface area contributed by atoms with E-state index in [2.05, 4.69) is 21.2 Å². The number of nitrogens with zero attached hydrogens (tertiary/aromatic N) is 1. The van der Waals surface area contributed by atoms with Crippen molar-refractivity contribution >= 4 is 50.9 Å². The van der Waals surface area contributed by atoms with Gasteiger partial charge in [0.1, 0.15) is 11.8 Å². The molecule has 0 aliphatic rings. The molecule has 0 spiro atoms. The van der Waals surface area contributed by atoms with Crippen LogP contribution in [0.25, 0.3) is 0 Å². The highest BCUT2D eigenvalue weighted by Gasteiger charge is 2.26. The smallest absolute Gasteiger partial charge is 0.261 e. The Kier molecular flexibility index (Phi) is 9.27. The molecule has 29 heavy (non-hydrogen) atoms. The number of rotatable bonds is 9. The van der Waals surface area contributed by atoms with E-state index in [0.717, 1.165) is 16.5 Å². The SMILES string of the molecule is CCCNC(=O)[C@@H](C)N(Cc1cccc(Br)c1)C(=O)COc1ccc(Cl)cc1Cl. The van der Waals surface area contributed by atoms with E-state index in [0.29, 0.717) is 22.3 Å². The van der Waals surface area contributed by atoms with Gasteiger partial charge in [0.15, 0.2) is 6.61 Å². The van der Waals surface area contributed by atoms with Crippen molar-refractivity contribution in [1.29, 1.82) is 0 Å². The molecule has 2 rings (SSSR count). The zero-order valence-corrected chi connectivity index (χ0v) is 19.4. The van der Waals surface area contributed by atoms with Crippen molar-refractivity contribution in [1.82, 2.24) is 10.2 Å². The Balaban J connectivity index is 2.15. The fourth-order valence-corrected chi connectivity index (χ4v) is 3.53. The van der Waals surface area contributed by atoms with Crippen molar-refractivity contribution < 1.29 is 14.3 Å². The number of carbonyl (C=O) groups excluding carboxylic acids is 2. The molecule has 0 aromatic heterocycles. The van der Waals surface area contributed by atoms with Gasteiger partial charge in [-0.3, -0.25) is 9.59 Å². The van der Waals surface area contributed by atoms with Gasteiger partial charge in [-0.25, -0.2) is 0 Å². The Hall–Kier alpha value is -1.76. The van der Waals surface area contributed by atoms with Crippen molar-refractivity contribution in [2.45, 2.75) is 32.9 Å². The van der Waals surface area contributed by atoms with Crippen LogP contribution in [0, 0.1) is 0 Å². The molecule has 5 nitrogen and oxygen atoms in total. The zero-order valence-electron chi connectivity index (χ0n) is 16.3. The summed E-state index contributed by atoms with van der Waals surface area (Å²) in [7, 11) is 0. The lowest BCUT2D eigenvalue weighted by Gasteiger charge is -2.29. The second-order valence-corrected chi connectivity index (χ2v) is 8.24. The van der Waals surface area contributed by atoms with E-state index in [4.69, 9.17) is 27.9 Å². The average molecular weight is 502 g/mol. The van der Waals surface area contributed by atoms with Crippen LogP contribution in [0.5, 0.6) is 5.75 Å². The number of nitrogens with one attached hydrogen (secondary N) is 1. The van der Waals surface area contributed by atoms with Gasteiger partial charge in [0.05, 0.1) is 5.02 Å². The lowest BCUT2D eigenvalue weighted by atomic mass is 10.1. The normalized spacial score (nSPS) is 11.6. The van der Waals surface area contributed by atoms with E-state index in [1.54, 1.807) is 25.1 Å². The molecule has 0 bridgehead atoms. The van der Waals surface area contributed by atoms with Crippen LogP contribution in [0.4, 0.5) is 0 Å². The predicted octanol–water partition coefficient (Wildman–Crippen LogP) is 5.08. The molecule has 156 valence electrons. The monoisotopic (exact) mass is 500 g/mol. The second-order valence-electron chi connectivity index (χ2n) is 6.48. The molecule has 0 aliphatic heterocycles. The first-order valence-electron chi connectivity index (χ1n) is 9.21. The number of ether oxygens (including phenoxy) is 1. The van der Waals surface area contributed by atoms with E-state index in [9.17, 15) is 9.59 Å². The number of halogens is 3. The predicted molar refractivity (Wildman–Crippen MR) is 119 cm³/mol. The number of amides is 2. The minimum atomic E-state index is -0.655. The summed E-state index contributed by atoms with van der Waals surface area (Å²) in [4.78, 5) is 26.9. The Morgan fingerprint density at radius 2 is 1.97 bits per heavy atom. The third-order valence-electron chi connectivity index (χ3n) is 4.20. The van der Waals surface area contributed by atoms with Crippen LogP contribution in [0.3, 0.4) is 0 Å². The topological polar surface area (TPSA) is 58.6 Å². The molecule has 2 amide bonds. The Morgan fingerprint density at radius 1 is 1.21 bits per heavy atom. The summed E-state index contributed by atoms with van der Waals surface area (Å²) in [5.74, 6) is -0.176. The average Bonchev–Trinajstić information content (AvgIpc) is 2.69. The summed E-state index contributed by atoms with van der Waals surface area (Å²) in [6.07, 6.45) is 0.816. The Labute approximate surface area is 189 Å². The maximum atomic E-state index is 12.9. The summed E-state index contributed by atoms with van der Waals surface area (Å²) in [5, 5.41) is 3.63. The molecular formula is C21H23BrCl2N2O3. The molecule has 0 fully saturated rings. The third-order valence-corrected chi connectivity index (χ3v) is 5.23. The van der Waals surface area contributed by atoms with E-state index in [1.807, 2.05) is 31.2 Å². The van der Waals surface area contributed by atoms with Crippen molar-refractivity contribution in [2.75, 3.05) is 13.2 Å². The van der Waals surface area contributed by atoms with Crippen molar-refractivity contribution in [3.05, 3.63) is 62.5 Å². The van der Waals surface area contributed by atoms with E-state index in [-0.39, 0.29) is 25.0 Å². The molecule has 0 radical (unpaired) electrons. The number of hydrogen-bond acceptors (Lipinski definition) is 3. The van der Waals surface area contributed by atoms with Crippen LogP contribution < -0.4 is 10.1 Å². The lowest BCUT2D eigenvalue weighted by Crippen LogP contribution is -2.49.